The molecule has 1 atom stereocenters. The topological polar surface area (TPSA) is 56.3 Å². The van der Waals surface area contributed by atoms with E-state index in [1.165, 1.54) is 0 Å². The van der Waals surface area contributed by atoms with E-state index in [1.54, 1.807) is 0 Å². The lowest BCUT2D eigenvalue weighted by Crippen LogP contribution is -2.31. The molecule has 0 bridgehead atoms. The minimum absolute atomic E-state index is 0.0870. The SMILES string of the molecule is CCOC(=O)c1c(C(C)C)nc2c(c1C1C=CCC1)C(=O)CC(C)(C)C2. The van der Waals surface area contributed by atoms with E-state index in [2.05, 4.69) is 26.0 Å². The van der Waals surface area contributed by atoms with Gasteiger partial charge in [0.15, 0.2) is 5.78 Å². The molecule has 3 rings (SSSR count). The Balaban J connectivity index is 2.32. The summed E-state index contributed by atoms with van der Waals surface area (Å²) in [5, 5.41) is 0. The molecule has 1 heterocycles. The van der Waals surface area contributed by atoms with E-state index < -0.39 is 0 Å². The van der Waals surface area contributed by atoms with Gasteiger partial charge in [0.2, 0.25) is 0 Å². The van der Waals surface area contributed by atoms with Crippen LogP contribution in [0.4, 0.5) is 0 Å². The van der Waals surface area contributed by atoms with Crippen molar-refractivity contribution in [1.29, 1.82) is 0 Å². The highest BCUT2D eigenvalue weighted by Crippen LogP contribution is 2.43. The number of Topliss-reactive ketones (excluding diaryl/α,β-unsaturated/α-hetero) is 1. The van der Waals surface area contributed by atoms with E-state index >= 15 is 0 Å². The van der Waals surface area contributed by atoms with E-state index in [1.807, 2.05) is 20.8 Å². The molecule has 4 nitrogen and oxygen atoms in total. The van der Waals surface area contributed by atoms with Crippen LogP contribution in [0.3, 0.4) is 0 Å². The average molecular weight is 355 g/mol. The second kappa shape index (κ2) is 6.98. The fourth-order valence-electron chi connectivity index (χ4n) is 4.23. The molecule has 26 heavy (non-hydrogen) atoms. The standard InChI is InChI=1S/C22H29NO3/c1-6-26-21(25)19-17(14-9-7-8-10-14)18-15(23-20(19)13(2)3)11-22(4,5)12-16(18)24/h7,9,13-14H,6,8,10-12H2,1-5H3. The first kappa shape index (κ1) is 18.8. The van der Waals surface area contributed by atoms with Crippen LogP contribution in [0, 0.1) is 5.41 Å². The molecule has 1 aromatic rings. The summed E-state index contributed by atoms with van der Waals surface area (Å²) in [7, 11) is 0. The Bertz CT molecular complexity index is 774. The third-order valence-electron chi connectivity index (χ3n) is 5.31. The monoisotopic (exact) mass is 355 g/mol. The molecule has 0 aromatic carbocycles. The van der Waals surface area contributed by atoms with E-state index in [-0.39, 0.29) is 29.0 Å². The second-order valence-electron chi connectivity index (χ2n) is 8.54. The van der Waals surface area contributed by atoms with Crippen LogP contribution in [0.25, 0.3) is 0 Å². The van der Waals surface area contributed by atoms with E-state index in [0.717, 1.165) is 36.2 Å². The summed E-state index contributed by atoms with van der Waals surface area (Å²) < 4.78 is 5.37. The van der Waals surface area contributed by atoms with Crippen molar-refractivity contribution in [1.82, 2.24) is 4.98 Å². The van der Waals surface area contributed by atoms with Gasteiger partial charge in [-0.25, -0.2) is 4.79 Å². The molecule has 4 heteroatoms. The summed E-state index contributed by atoms with van der Waals surface area (Å²) in [5.41, 5.74) is 3.62. The normalized spacial score (nSPS) is 21.2. The number of aromatic nitrogens is 1. The molecule has 0 saturated heterocycles. The van der Waals surface area contributed by atoms with Gasteiger partial charge in [-0.05, 0) is 43.1 Å². The van der Waals surface area contributed by atoms with Gasteiger partial charge in [0.1, 0.15) is 0 Å². The van der Waals surface area contributed by atoms with Gasteiger partial charge in [0.25, 0.3) is 0 Å². The predicted molar refractivity (Wildman–Crippen MR) is 102 cm³/mol. The molecule has 0 aliphatic heterocycles. The van der Waals surface area contributed by atoms with Crippen molar-refractivity contribution in [2.75, 3.05) is 6.61 Å². The highest BCUT2D eigenvalue weighted by atomic mass is 16.5. The molecule has 0 N–H and O–H groups in total. The quantitative estimate of drug-likeness (QED) is 0.565. The lowest BCUT2D eigenvalue weighted by molar-refractivity contribution is 0.0522. The average Bonchev–Trinajstić information content (AvgIpc) is 3.06. The smallest absolute Gasteiger partial charge is 0.340 e. The number of rotatable bonds is 4. The molecule has 140 valence electrons. The van der Waals surface area contributed by atoms with Crippen LogP contribution >= 0.6 is 0 Å². The fraction of sp³-hybridized carbons (Fsp3) is 0.591. The van der Waals surface area contributed by atoms with Crippen molar-refractivity contribution in [3.05, 3.63) is 40.2 Å². The van der Waals surface area contributed by atoms with Crippen LogP contribution in [0.15, 0.2) is 12.2 Å². The fourth-order valence-corrected chi connectivity index (χ4v) is 4.23. The number of allylic oxidation sites excluding steroid dienone is 2. The summed E-state index contributed by atoms with van der Waals surface area (Å²) in [6.45, 7) is 10.4. The number of fused-ring (bicyclic) bond motifs is 1. The van der Waals surface area contributed by atoms with Crippen molar-refractivity contribution >= 4 is 11.8 Å². The van der Waals surface area contributed by atoms with E-state index in [4.69, 9.17) is 9.72 Å². The Morgan fingerprint density at radius 2 is 2.08 bits per heavy atom. The minimum atomic E-state index is -0.348. The molecule has 0 radical (unpaired) electrons. The van der Waals surface area contributed by atoms with Crippen LogP contribution in [0.1, 0.15) is 103 Å². The number of hydrogen-bond donors (Lipinski definition) is 0. The number of carbonyl (C=O) groups is 2. The number of hydrogen-bond acceptors (Lipinski definition) is 4. The maximum atomic E-state index is 13.1. The van der Waals surface area contributed by atoms with Gasteiger partial charge >= 0.3 is 5.97 Å². The number of nitrogens with zero attached hydrogens (tertiary/aromatic N) is 1. The third kappa shape index (κ3) is 3.34. The first-order valence-electron chi connectivity index (χ1n) is 9.68. The Kier molecular flexibility index (Phi) is 5.05. The van der Waals surface area contributed by atoms with Crippen LogP contribution in [-0.2, 0) is 11.2 Å². The number of carbonyl (C=O) groups excluding carboxylic acids is 2. The summed E-state index contributed by atoms with van der Waals surface area (Å²) in [5.74, 6) is -0.0582. The number of ketones is 1. The van der Waals surface area contributed by atoms with Gasteiger partial charge in [0.05, 0.1) is 23.6 Å². The zero-order chi connectivity index (χ0) is 19.1. The first-order chi connectivity index (χ1) is 12.2. The Morgan fingerprint density at radius 1 is 1.35 bits per heavy atom. The summed E-state index contributed by atoms with van der Waals surface area (Å²) in [6.07, 6.45) is 7.43. The molecule has 2 aliphatic carbocycles. The summed E-state index contributed by atoms with van der Waals surface area (Å²) in [4.78, 5) is 30.8. The van der Waals surface area contributed by atoms with Crippen LogP contribution in [-0.4, -0.2) is 23.3 Å². The number of ether oxygens (including phenoxy) is 1. The van der Waals surface area contributed by atoms with Gasteiger partial charge in [-0.2, -0.15) is 0 Å². The van der Waals surface area contributed by atoms with Crippen LogP contribution in [0.2, 0.25) is 0 Å². The zero-order valence-corrected chi connectivity index (χ0v) is 16.5. The van der Waals surface area contributed by atoms with Crippen LogP contribution in [0.5, 0.6) is 0 Å². The largest absolute Gasteiger partial charge is 0.462 e. The second-order valence-corrected chi connectivity index (χ2v) is 8.54. The molecule has 0 amide bonds. The molecular weight excluding hydrogens is 326 g/mol. The molecule has 1 aromatic heterocycles. The molecule has 0 spiro atoms. The Labute approximate surface area is 156 Å². The summed E-state index contributed by atoms with van der Waals surface area (Å²) >= 11 is 0. The first-order valence-corrected chi connectivity index (χ1v) is 9.68. The Morgan fingerprint density at radius 3 is 2.65 bits per heavy atom. The summed E-state index contributed by atoms with van der Waals surface area (Å²) in [6, 6.07) is 0. The maximum Gasteiger partial charge on any atom is 0.340 e. The van der Waals surface area contributed by atoms with Gasteiger partial charge in [-0.3, -0.25) is 9.78 Å². The lowest BCUT2D eigenvalue weighted by atomic mass is 9.72. The van der Waals surface area contributed by atoms with Crippen molar-refractivity contribution in [3.8, 4) is 0 Å². The van der Waals surface area contributed by atoms with Crippen molar-refractivity contribution in [2.45, 2.75) is 72.1 Å². The molecular formula is C22H29NO3. The van der Waals surface area contributed by atoms with Crippen LogP contribution < -0.4 is 0 Å². The lowest BCUT2D eigenvalue weighted by Gasteiger charge is -2.33. The molecule has 0 saturated carbocycles. The molecule has 2 aliphatic rings. The Hall–Kier alpha value is -1.97. The van der Waals surface area contributed by atoms with Gasteiger partial charge in [-0.15, -0.1) is 0 Å². The predicted octanol–water partition coefficient (Wildman–Crippen LogP) is 4.97. The van der Waals surface area contributed by atoms with Gasteiger partial charge in [0, 0.05) is 17.9 Å². The molecule has 0 fully saturated rings. The highest BCUT2D eigenvalue weighted by molar-refractivity contribution is 6.04. The third-order valence-corrected chi connectivity index (χ3v) is 5.31. The van der Waals surface area contributed by atoms with Crippen molar-refractivity contribution < 1.29 is 14.3 Å². The van der Waals surface area contributed by atoms with Crippen molar-refractivity contribution in [3.63, 3.8) is 0 Å². The highest BCUT2D eigenvalue weighted by Gasteiger charge is 2.39. The zero-order valence-electron chi connectivity index (χ0n) is 16.5. The number of pyridine rings is 1. The maximum absolute atomic E-state index is 13.1. The molecule has 1 unspecified atom stereocenters. The number of esters is 1. The van der Waals surface area contributed by atoms with Gasteiger partial charge in [-0.1, -0.05) is 39.8 Å². The van der Waals surface area contributed by atoms with Crippen molar-refractivity contribution in [2.24, 2.45) is 5.41 Å². The van der Waals surface area contributed by atoms with E-state index in [0.29, 0.717) is 24.2 Å². The van der Waals surface area contributed by atoms with E-state index in [9.17, 15) is 9.59 Å². The minimum Gasteiger partial charge on any atom is -0.462 e. The van der Waals surface area contributed by atoms with Gasteiger partial charge < -0.3 is 4.74 Å².